The van der Waals surface area contributed by atoms with Crippen LogP contribution in [0.1, 0.15) is 5.56 Å². The lowest BCUT2D eigenvalue weighted by Crippen LogP contribution is -2.29. The average Bonchev–Trinajstić information content (AvgIpc) is 3.05. The standard InChI is InChI=1S/C14H14N2O4S/c1-19-9-5-8(6-10(20-2)12(9)17)7-11-13(18)16-4-3-15-14(16)21-11/h5-7,17H,3-4H2,1-2H3. The zero-order chi connectivity index (χ0) is 15.0. The van der Waals surface area contributed by atoms with Crippen LogP contribution in [0.25, 0.3) is 6.08 Å². The van der Waals surface area contributed by atoms with Crippen LogP contribution >= 0.6 is 11.3 Å². The summed E-state index contributed by atoms with van der Waals surface area (Å²) in [6, 6.07) is 3.31. The summed E-state index contributed by atoms with van der Waals surface area (Å²) in [5, 5.41) is 9.89. The van der Waals surface area contributed by atoms with Gasteiger partial charge in [0.1, 0.15) is 0 Å². The van der Waals surface area contributed by atoms with E-state index in [4.69, 9.17) is 9.47 Å². The van der Waals surface area contributed by atoms with Crippen molar-refractivity contribution in [1.29, 1.82) is 0 Å². The molecule has 3 rings (SSSR count). The molecule has 2 heterocycles. The first kappa shape index (κ1) is 13.7. The van der Waals surface area contributed by atoms with Crippen molar-refractivity contribution in [3.63, 3.8) is 0 Å². The van der Waals surface area contributed by atoms with Gasteiger partial charge in [0.15, 0.2) is 16.3 Å². The molecule has 1 aliphatic rings. The minimum atomic E-state index is -0.0578. The number of thiazole rings is 1. The number of benzene rings is 1. The third-order valence-electron chi connectivity index (χ3n) is 3.26. The maximum absolute atomic E-state index is 12.2. The summed E-state index contributed by atoms with van der Waals surface area (Å²) in [5.41, 5.74) is 0.682. The summed E-state index contributed by atoms with van der Waals surface area (Å²) in [6.07, 6.45) is 1.75. The molecule has 0 unspecified atom stereocenters. The molecule has 0 aliphatic carbocycles. The molecule has 0 saturated heterocycles. The SMILES string of the molecule is COc1cc(C=c2sc3n(c2=O)CCN=3)cc(OC)c1O. The summed E-state index contributed by atoms with van der Waals surface area (Å²) in [6.45, 7) is 1.31. The van der Waals surface area contributed by atoms with Crippen molar-refractivity contribution in [2.45, 2.75) is 6.54 Å². The molecule has 0 bridgehead atoms. The van der Waals surface area contributed by atoms with Gasteiger partial charge in [-0.25, -0.2) is 0 Å². The molecule has 1 aliphatic heterocycles. The molecular formula is C14H14N2O4S. The first-order valence-electron chi connectivity index (χ1n) is 6.35. The van der Waals surface area contributed by atoms with Gasteiger partial charge in [0, 0.05) is 6.54 Å². The Morgan fingerprint density at radius 3 is 2.57 bits per heavy atom. The number of phenolic OH excluding ortho intramolecular Hbond substituents is 1. The van der Waals surface area contributed by atoms with Crippen LogP contribution in [-0.4, -0.2) is 30.4 Å². The fourth-order valence-corrected chi connectivity index (χ4v) is 3.25. The molecule has 1 N–H and O–H groups in total. The van der Waals surface area contributed by atoms with E-state index < -0.39 is 0 Å². The molecule has 0 fully saturated rings. The van der Waals surface area contributed by atoms with Crippen molar-refractivity contribution in [3.8, 4) is 17.2 Å². The highest BCUT2D eigenvalue weighted by Crippen LogP contribution is 2.37. The summed E-state index contributed by atoms with van der Waals surface area (Å²) in [4.78, 5) is 17.2. The minimum Gasteiger partial charge on any atom is -0.502 e. The maximum atomic E-state index is 12.2. The van der Waals surface area contributed by atoms with Gasteiger partial charge < -0.3 is 14.6 Å². The van der Waals surface area contributed by atoms with E-state index in [1.165, 1.54) is 25.6 Å². The van der Waals surface area contributed by atoms with Crippen LogP contribution in [0.3, 0.4) is 0 Å². The van der Waals surface area contributed by atoms with E-state index in [-0.39, 0.29) is 11.3 Å². The van der Waals surface area contributed by atoms with E-state index in [1.807, 2.05) is 0 Å². The zero-order valence-electron chi connectivity index (χ0n) is 11.6. The highest BCUT2D eigenvalue weighted by Gasteiger charge is 2.12. The molecule has 0 saturated carbocycles. The van der Waals surface area contributed by atoms with E-state index in [9.17, 15) is 9.90 Å². The van der Waals surface area contributed by atoms with Crippen LogP contribution in [0.5, 0.6) is 17.2 Å². The first-order valence-corrected chi connectivity index (χ1v) is 7.16. The second-order valence-electron chi connectivity index (χ2n) is 4.51. The summed E-state index contributed by atoms with van der Waals surface area (Å²) >= 11 is 1.36. The Labute approximate surface area is 124 Å². The van der Waals surface area contributed by atoms with Gasteiger partial charge in [-0.1, -0.05) is 11.3 Å². The second kappa shape index (κ2) is 5.25. The van der Waals surface area contributed by atoms with Gasteiger partial charge in [0.2, 0.25) is 5.75 Å². The highest BCUT2D eigenvalue weighted by atomic mass is 32.1. The van der Waals surface area contributed by atoms with Crippen molar-refractivity contribution >= 4 is 17.4 Å². The number of hydrogen-bond donors (Lipinski definition) is 1. The van der Waals surface area contributed by atoms with Crippen LogP contribution in [0.4, 0.5) is 0 Å². The Kier molecular flexibility index (Phi) is 3.42. The number of hydrogen-bond acceptors (Lipinski definition) is 6. The number of phenols is 1. The number of aromatic hydroxyl groups is 1. The topological polar surface area (TPSA) is 73.1 Å². The molecule has 1 aromatic heterocycles. The Morgan fingerprint density at radius 2 is 2.00 bits per heavy atom. The van der Waals surface area contributed by atoms with Gasteiger partial charge in [-0.15, -0.1) is 0 Å². The fraction of sp³-hybridized carbons (Fsp3) is 0.286. The lowest BCUT2D eigenvalue weighted by Gasteiger charge is -2.09. The predicted octanol–water partition coefficient (Wildman–Crippen LogP) is 0.0946. The lowest BCUT2D eigenvalue weighted by atomic mass is 10.1. The number of aromatic nitrogens is 1. The van der Waals surface area contributed by atoms with Gasteiger partial charge in [-0.3, -0.25) is 14.4 Å². The number of rotatable bonds is 3. The predicted molar refractivity (Wildman–Crippen MR) is 79.0 cm³/mol. The van der Waals surface area contributed by atoms with Gasteiger partial charge in [0.25, 0.3) is 5.56 Å². The zero-order valence-corrected chi connectivity index (χ0v) is 12.4. The number of fused-ring (bicyclic) bond motifs is 1. The van der Waals surface area contributed by atoms with E-state index in [0.29, 0.717) is 29.1 Å². The van der Waals surface area contributed by atoms with Gasteiger partial charge in [0.05, 0.1) is 25.3 Å². The lowest BCUT2D eigenvalue weighted by molar-refractivity contribution is 0.340. The van der Waals surface area contributed by atoms with Crippen LogP contribution < -0.4 is 24.4 Å². The van der Waals surface area contributed by atoms with Gasteiger partial charge in [-0.2, -0.15) is 0 Å². The first-order chi connectivity index (χ1) is 10.1. The molecule has 21 heavy (non-hydrogen) atoms. The Balaban J connectivity index is 2.18. The molecule has 0 atom stereocenters. The van der Waals surface area contributed by atoms with Crippen molar-refractivity contribution in [1.82, 2.24) is 4.57 Å². The van der Waals surface area contributed by atoms with Crippen LogP contribution in [-0.2, 0) is 6.54 Å². The molecule has 2 aromatic rings. The monoisotopic (exact) mass is 306 g/mol. The van der Waals surface area contributed by atoms with Crippen LogP contribution in [0.15, 0.2) is 21.9 Å². The van der Waals surface area contributed by atoms with Gasteiger partial charge in [-0.05, 0) is 23.8 Å². The Hall–Kier alpha value is -2.28. The van der Waals surface area contributed by atoms with E-state index in [1.54, 1.807) is 22.8 Å². The molecule has 0 radical (unpaired) electrons. The average molecular weight is 306 g/mol. The Morgan fingerprint density at radius 1 is 1.33 bits per heavy atom. The number of nitrogens with zero attached hydrogens (tertiary/aromatic N) is 2. The number of methoxy groups -OCH3 is 2. The highest BCUT2D eigenvalue weighted by molar-refractivity contribution is 7.07. The third-order valence-corrected chi connectivity index (χ3v) is 4.30. The smallest absolute Gasteiger partial charge is 0.270 e. The molecular weight excluding hydrogens is 292 g/mol. The largest absolute Gasteiger partial charge is 0.502 e. The minimum absolute atomic E-state index is 0.0396. The van der Waals surface area contributed by atoms with Gasteiger partial charge >= 0.3 is 0 Å². The molecule has 7 heteroatoms. The van der Waals surface area contributed by atoms with Crippen LogP contribution in [0.2, 0.25) is 0 Å². The molecule has 110 valence electrons. The maximum Gasteiger partial charge on any atom is 0.270 e. The van der Waals surface area contributed by atoms with E-state index in [0.717, 1.165) is 10.4 Å². The Bertz CT molecular complexity index is 841. The molecule has 0 amide bonds. The number of ether oxygens (including phenoxy) is 2. The molecule has 1 aromatic carbocycles. The summed E-state index contributed by atoms with van der Waals surface area (Å²) in [7, 11) is 2.93. The normalized spacial score (nSPS) is 13.9. The third kappa shape index (κ3) is 2.29. The van der Waals surface area contributed by atoms with E-state index in [2.05, 4.69) is 4.99 Å². The summed E-state index contributed by atoms with van der Waals surface area (Å²) < 4.78 is 12.5. The van der Waals surface area contributed by atoms with Crippen molar-refractivity contribution < 1.29 is 14.6 Å². The molecule has 6 nitrogen and oxygen atoms in total. The fourth-order valence-electron chi connectivity index (χ4n) is 2.22. The second-order valence-corrected chi connectivity index (χ2v) is 5.51. The van der Waals surface area contributed by atoms with Crippen molar-refractivity contribution in [2.24, 2.45) is 4.99 Å². The molecule has 0 spiro atoms. The van der Waals surface area contributed by atoms with Crippen molar-refractivity contribution in [2.75, 3.05) is 20.8 Å². The van der Waals surface area contributed by atoms with Crippen molar-refractivity contribution in [3.05, 3.63) is 37.4 Å². The quantitative estimate of drug-likeness (QED) is 0.872. The van der Waals surface area contributed by atoms with E-state index >= 15 is 0 Å². The summed E-state index contributed by atoms with van der Waals surface area (Å²) in [5.74, 6) is 0.543. The van der Waals surface area contributed by atoms with Crippen LogP contribution in [0, 0.1) is 0 Å².